The number of alkyl halides is 3. The van der Waals surface area contributed by atoms with E-state index in [1.165, 1.54) is 28.9 Å². The van der Waals surface area contributed by atoms with Crippen LogP contribution >= 0.6 is 11.6 Å². The van der Waals surface area contributed by atoms with Gasteiger partial charge in [-0.15, -0.1) is 0 Å². The highest BCUT2D eigenvalue weighted by Gasteiger charge is 2.34. The van der Waals surface area contributed by atoms with Crippen LogP contribution in [-0.4, -0.2) is 21.7 Å². The maximum atomic E-state index is 14.7. The molecule has 0 spiro atoms. The zero-order chi connectivity index (χ0) is 28.7. The second-order valence-corrected chi connectivity index (χ2v) is 10.7. The summed E-state index contributed by atoms with van der Waals surface area (Å²) in [5.74, 6) is -0.674. The first-order valence-corrected chi connectivity index (χ1v) is 13.5. The molecule has 1 aromatic heterocycles. The standard InChI is InChI=1S/C32H24ClF4N3O/c33-24-11-10-23(28(34)17-24)18-40-30(26-8-3-9-27(29(26)39-40)32(35,36)37)21-6-1-4-19(15-21)14-20-5-2-7-22(16-20)31(41)38-25-12-13-25/h1-11,15-17,25H,12-14,18H2,(H,38,41). The minimum absolute atomic E-state index is 0.0906. The molecular weight excluding hydrogens is 554 g/mol. The predicted octanol–water partition coefficient (Wildman–Crippen LogP) is 8.05. The van der Waals surface area contributed by atoms with Crippen LogP contribution in [0.25, 0.3) is 22.2 Å². The second-order valence-electron chi connectivity index (χ2n) is 10.3. The Morgan fingerprint density at radius 2 is 1.68 bits per heavy atom. The summed E-state index contributed by atoms with van der Waals surface area (Å²) in [6.07, 6.45) is -2.11. The van der Waals surface area contributed by atoms with Gasteiger partial charge in [0.05, 0.1) is 17.8 Å². The van der Waals surface area contributed by atoms with Crippen LogP contribution in [0.5, 0.6) is 0 Å². The lowest BCUT2D eigenvalue weighted by molar-refractivity contribution is -0.136. The number of rotatable bonds is 7. The Labute approximate surface area is 238 Å². The lowest BCUT2D eigenvalue weighted by atomic mass is 9.98. The molecule has 1 N–H and O–H groups in total. The van der Waals surface area contributed by atoms with E-state index in [4.69, 9.17) is 11.6 Å². The molecule has 1 amide bonds. The van der Waals surface area contributed by atoms with Crippen LogP contribution in [0.2, 0.25) is 5.02 Å². The molecule has 41 heavy (non-hydrogen) atoms. The Morgan fingerprint density at radius 1 is 0.951 bits per heavy atom. The number of aromatic nitrogens is 2. The van der Waals surface area contributed by atoms with Crippen molar-refractivity contribution in [3.05, 3.63) is 124 Å². The van der Waals surface area contributed by atoms with Crippen molar-refractivity contribution >= 4 is 28.4 Å². The van der Waals surface area contributed by atoms with Crippen molar-refractivity contribution in [2.45, 2.75) is 38.0 Å². The largest absolute Gasteiger partial charge is 0.418 e. The molecule has 4 nitrogen and oxygen atoms in total. The summed E-state index contributed by atoms with van der Waals surface area (Å²) < 4.78 is 57.9. The quantitative estimate of drug-likeness (QED) is 0.199. The minimum atomic E-state index is -4.61. The number of amides is 1. The average molecular weight is 578 g/mol. The molecule has 208 valence electrons. The van der Waals surface area contributed by atoms with Crippen LogP contribution in [0.4, 0.5) is 17.6 Å². The highest BCUT2D eigenvalue weighted by Crippen LogP contribution is 2.38. The van der Waals surface area contributed by atoms with Crippen LogP contribution in [0.15, 0.2) is 84.9 Å². The van der Waals surface area contributed by atoms with Gasteiger partial charge in [0.25, 0.3) is 5.91 Å². The average Bonchev–Trinajstić information content (AvgIpc) is 3.67. The molecule has 0 aliphatic heterocycles. The first-order valence-electron chi connectivity index (χ1n) is 13.2. The first-order chi connectivity index (χ1) is 19.7. The summed E-state index contributed by atoms with van der Waals surface area (Å²) >= 11 is 5.91. The van der Waals surface area contributed by atoms with Gasteiger partial charge >= 0.3 is 6.18 Å². The van der Waals surface area contributed by atoms with Crippen LogP contribution in [0, 0.1) is 5.82 Å². The number of hydrogen-bond acceptors (Lipinski definition) is 2. The van der Waals surface area contributed by atoms with Crippen LogP contribution < -0.4 is 5.32 Å². The minimum Gasteiger partial charge on any atom is -0.349 e. The number of carbonyl (C=O) groups excluding carboxylic acids is 1. The van der Waals surface area contributed by atoms with Gasteiger partial charge in [0.1, 0.15) is 11.3 Å². The molecule has 1 aliphatic rings. The normalized spacial score (nSPS) is 13.5. The summed E-state index contributed by atoms with van der Waals surface area (Å²) in [5.41, 5.74) is 2.67. The lowest BCUT2D eigenvalue weighted by Gasteiger charge is -2.11. The van der Waals surface area contributed by atoms with Gasteiger partial charge < -0.3 is 5.32 Å². The Balaban J connectivity index is 1.40. The van der Waals surface area contributed by atoms with Gasteiger partial charge in [0, 0.05) is 33.1 Å². The van der Waals surface area contributed by atoms with Gasteiger partial charge in [-0.2, -0.15) is 18.3 Å². The highest BCUT2D eigenvalue weighted by molar-refractivity contribution is 6.30. The van der Waals surface area contributed by atoms with Gasteiger partial charge in [0.15, 0.2) is 0 Å². The molecule has 1 aliphatic carbocycles. The van der Waals surface area contributed by atoms with E-state index in [9.17, 15) is 22.4 Å². The number of halogens is 5. The van der Waals surface area contributed by atoms with Gasteiger partial charge in [-0.25, -0.2) is 4.39 Å². The highest BCUT2D eigenvalue weighted by atomic mass is 35.5. The molecule has 0 radical (unpaired) electrons. The molecule has 5 aromatic rings. The molecule has 0 bridgehead atoms. The number of fused-ring (bicyclic) bond motifs is 1. The number of nitrogens with zero attached hydrogens (tertiary/aromatic N) is 2. The van der Waals surface area contributed by atoms with E-state index < -0.39 is 17.6 Å². The molecule has 1 fully saturated rings. The van der Waals surface area contributed by atoms with Gasteiger partial charge in [-0.3, -0.25) is 9.48 Å². The molecule has 9 heteroatoms. The fourth-order valence-electron chi connectivity index (χ4n) is 4.99. The van der Waals surface area contributed by atoms with Crippen molar-refractivity contribution in [2.75, 3.05) is 0 Å². The van der Waals surface area contributed by atoms with Crippen LogP contribution in [0.1, 0.15) is 45.5 Å². The molecule has 1 heterocycles. The molecule has 1 saturated carbocycles. The van der Waals surface area contributed by atoms with Crippen LogP contribution in [0.3, 0.4) is 0 Å². The summed E-state index contributed by atoms with van der Waals surface area (Å²) in [6, 6.07) is 23.2. The zero-order valence-corrected chi connectivity index (χ0v) is 22.4. The Kier molecular flexibility index (Phi) is 7.03. The van der Waals surface area contributed by atoms with Crippen LogP contribution in [-0.2, 0) is 19.1 Å². The maximum absolute atomic E-state index is 14.7. The fourth-order valence-corrected chi connectivity index (χ4v) is 5.15. The van der Waals surface area contributed by atoms with E-state index in [2.05, 4.69) is 10.4 Å². The van der Waals surface area contributed by atoms with Crippen molar-refractivity contribution in [3.8, 4) is 11.3 Å². The van der Waals surface area contributed by atoms with Crippen molar-refractivity contribution in [2.24, 2.45) is 0 Å². The number of benzene rings is 4. The zero-order valence-electron chi connectivity index (χ0n) is 21.7. The topological polar surface area (TPSA) is 46.9 Å². The molecule has 0 unspecified atom stereocenters. The van der Waals surface area contributed by atoms with E-state index in [1.807, 2.05) is 36.4 Å². The van der Waals surface area contributed by atoms with E-state index in [0.29, 0.717) is 28.6 Å². The van der Waals surface area contributed by atoms with Crippen molar-refractivity contribution in [1.29, 1.82) is 0 Å². The third kappa shape index (κ3) is 5.84. The van der Waals surface area contributed by atoms with Crippen molar-refractivity contribution in [1.82, 2.24) is 15.1 Å². The van der Waals surface area contributed by atoms with Gasteiger partial charge in [0.2, 0.25) is 0 Å². The monoisotopic (exact) mass is 577 g/mol. The Morgan fingerprint density at radius 3 is 2.41 bits per heavy atom. The lowest BCUT2D eigenvalue weighted by Crippen LogP contribution is -2.25. The third-order valence-electron chi connectivity index (χ3n) is 7.12. The summed E-state index contributed by atoms with van der Waals surface area (Å²) in [4.78, 5) is 12.5. The maximum Gasteiger partial charge on any atom is 0.418 e. The SMILES string of the molecule is O=C(NC1CC1)c1cccc(Cc2cccc(-c3c4cccc(C(F)(F)F)c4nn3Cc3ccc(Cl)cc3F)c2)c1. The first kappa shape index (κ1) is 27.0. The third-order valence-corrected chi connectivity index (χ3v) is 7.36. The number of carbonyl (C=O) groups is 1. The summed E-state index contributed by atoms with van der Waals surface area (Å²) in [7, 11) is 0. The van der Waals surface area contributed by atoms with Gasteiger partial charge in [-0.1, -0.05) is 60.1 Å². The van der Waals surface area contributed by atoms with E-state index in [-0.39, 0.29) is 34.6 Å². The van der Waals surface area contributed by atoms with E-state index >= 15 is 0 Å². The van der Waals surface area contributed by atoms with Gasteiger partial charge in [-0.05, 0) is 66.8 Å². The molecule has 4 aromatic carbocycles. The van der Waals surface area contributed by atoms with E-state index in [1.54, 1.807) is 18.2 Å². The molecule has 6 rings (SSSR count). The van der Waals surface area contributed by atoms with Crippen molar-refractivity contribution < 1.29 is 22.4 Å². The predicted molar refractivity (Wildman–Crippen MR) is 150 cm³/mol. The van der Waals surface area contributed by atoms with Crippen molar-refractivity contribution in [3.63, 3.8) is 0 Å². The summed E-state index contributed by atoms with van der Waals surface area (Å²) in [5, 5.41) is 7.86. The molecular formula is C32H24ClF4N3O. The second kappa shape index (κ2) is 10.7. The number of nitrogens with one attached hydrogen (secondary N) is 1. The van der Waals surface area contributed by atoms with E-state index in [0.717, 1.165) is 30.0 Å². The summed E-state index contributed by atoms with van der Waals surface area (Å²) in [6.45, 7) is -0.0906. The Hall–Kier alpha value is -4.17. The molecule has 0 saturated heterocycles. The number of hydrogen-bond donors (Lipinski definition) is 1. The Bertz CT molecular complexity index is 1780. The molecule has 0 atom stereocenters. The smallest absolute Gasteiger partial charge is 0.349 e. The fraction of sp³-hybridized carbons (Fsp3) is 0.188.